The molecule has 34 heavy (non-hydrogen) atoms. The molecule has 0 aliphatic carbocycles. The summed E-state index contributed by atoms with van der Waals surface area (Å²) >= 11 is 0. The van der Waals surface area contributed by atoms with Crippen LogP contribution < -0.4 is 30.9 Å². The number of hydrogen-bond acceptors (Lipinski definition) is 8. The molecule has 0 saturated carbocycles. The third kappa shape index (κ3) is 5.64. The number of nitrogens with one attached hydrogen (secondary N) is 2. The number of pyridine rings is 2. The van der Waals surface area contributed by atoms with Crippen LogP contribution in [0.2, 0.25) is 0 Å². The number of methoxy groups -OCH3 is 2. The van der Waals surface area contributed by atoms with Gasteiger partial charge in [0.25, 0.3) is 15.6 Å². The largest absolute Gasteiger partial charge is 0.497 e. The second-order valence-electron chi connectivity index (χ2n) is 7.31. The van der Waals surface area contributed by atoms with Crippen molar-refractivity contribution in [3.63, 3.8) is 0 Å². The number of nitrogens with two attached hydrogens (primary N) is 1. The molecule has 3 aromatic rings. The van der Waals surface area contributed by atoms with E-state index in [4.69, 9.17) is 15.2 Å². The van der Waals surface area contributed by atoms with E-state index in [1.165, 1.54) is 38.6 Å². The highest BCUT2D eigenvalue weighted by molar-refractivity contribution is 7.92. The number of amides is 1. The molecule has 0 unspecified atom stereocenters. The van der Waals surface area contributed by atoms with Crippen molar-refractivity contribution in [3.05, 3.63) is 75.8 Å². The van der Waals surface area contributed by atoms with Gasteiger partial charge in [0.05, 0.1) is 20.6 Å². The molecule has 0 spiro atoms. The molecular weight excluding hydrogens is 462 g/mol. The quantitative estimate of drug-likeness (QED) is 0.403. The second kappa shape index (κ2) is 10.3. The van der Waals surface area contributed by atoms with Crippen LogP contribution in [0.15, 0.2) is 58.5 Å². The van der Waals surface area contributed by atoms with E-state index in [-0.39, 0.29) is 29.2 Å². The standard InChI is InChI=1S/C22H25N5O6S/c1-14-8-9-27(26-34(30,31)19-6-5-16(32-2)10-18(19)33-3)22(29)17(14)11-21(28)25-13-15-4-7-20(23)24-12-15/h4-10,12,26H,11,13H2,1-3H3,(H2,23,24)(H,25,28). The van der Waals surface area contributed by atoms with E-state index in [9.17, 15) is 18.0 Å². The van der Waals surface area contributed by atoms with E-state index in [0.717, 1.165) is 10.2 Å². The minimum Gasteiger partial charge on any atom is -0.497 e. The molecule has 11 nitrogen and oxygen atoms in total. The van der Waals surface area contributed by atoms with Crippen molar-refractivity contribution in [1.29, 1.82) is 0 Å². The Balaban J connectivity index is 1.80. The van der Waals surface area contributed by atoms with E-state index in [1.54, 1.807) is 31.3 Å². The van der Waals surface area contributed by atoms with Crippen LogP contribution in [0.1, 0.15) is 16.7 Å². The lowest BCUT2D eigenvalue weighted by atomic mass is 10.1. The zero-order chi connectivity index (χ0) is 24.9. The van der Waals surface area contributed by atoms with Gasteiger partial charge in [0.1, 0.15) is 22.2 Å². The molecule has 1 amide bonds. The van der Waals surface area contributed by atoms with E-state index >= 15 is 0 Å². The molecule has 1 aromatic carbocycles. The summed E-state index contributed by atoms with van der Waals surface area (Å²) in [6, 6.07) is 9.07. The molecule has 180 valence electrons. The number of hydrogen-bond donors (Lipinski definition) is 3. The van der Waals surface area contributed by atoms with Crippen molar-refractivity contribution in [2.24, 2.45) is 0 Å². The molecule has 0 saturated heterocycles. The number of benzene rings is 1. The first-order valence-electron chi connectivity index (χ1n) is 10.1. The summed E-state index contributed by atoms with van der Waals surface area (Å²) in [6.07, 6.45) is 2.59. The van der Waals surface area contributed by atoms with Gasteiger partial charge in [-0.25, -0.2) is 14.5 Å². The second-order valence-corrected chi connectivity index (χ2v) is 8.94. The maximum absolute atomic E-state index is 13.0. The number of aromatic nitrogens is 2. The van der Waals surface area contributed by atoms with Crippen LogP contribution in [0.3, 0.4) is 0 Å². The average molecular weight is 488 g/mol. The average Bonchev–Trinajstić information content (AvgIpc) is 2.82. The minimum atomic E-state index is -4.20. The maximum Gasteiger partial charge on any atom is 0.279 e. The van der Waals surface area contributed by atoms with Crippen LogP contribution in [0.5, 0.6) is 11.5 Å². The summed E-state index contributed by atoms with van der Waals surface area (Å²) in [5, 5.41) is 2.71. The van der Waals surface area contributed by atoms with Crippen LogP contribution in [0.4, 0.5) is 5.82 Å². The van der Waals surface area contributed by atoms with Gasteiger partial charge in [-0.2, -0.15) is 8.42 Å². The number of aryl methyl sites for hydroxylation is 1. The van der Waals surface area contributed by atoms with Gasteiger partial charge in [-0.15, -0.1) is 0 Å². The molecule has 2 aromatic heterocycles. The van der Waals surface area contributed by atoms with Gasteiger partial charge in [0.15, 0.2) is 0 Å². The first-order chi connectivity index (χ1) is 16.1. The fourth-order valence-corrected chi connectivity index (χ4v) is 4.25. The maximum atomic E-state index is 13.0. The van der Waals surface area contributed by atoms with Crippen LogP contribution in [0.25, 0.3) is 0 Å². The Morgan fingerprint density at radius 2 is 1.91 bits per heavy atom. The molecule has 0 aliphatic rings. The van der Waals surface area contributed by atoms with E-state index < -0.39 is 21.5 Å². The van der Waals surface area contributed by atoms with Gasteiger partial charge >= 0.3 is 0 Å². The lowest BCUT2D eigenvalue weighted by Gasteiger charge is -2.15. The minimum absolute atomic E-state index is 0.0452. The molecule has 2 heterocycles. The van der Waals surface area contributed by atoms with Crippen molar-refractivity contribution < 1.29 is 22.7 Å². The zero-order valence-corrected chi connectivity index (χ0v) is 19.7. The summed E-state index contributed by atoms with van der Waals surface area (Å²) in [5.74, 6) is 0.412. The molecule has 0 bridgehead atoms. The summed E-state index contributed by atoms with van der Waals surface area (Å²) < 4.78 is 37.0. The predicted octanol–water partition coefficient (Wildman–Crippen LogP) is 0.942. The first kappa shape index (κ1) is 24.6. The number of rotatable bonds is 9. The SMILES string of the molecule is COc1ccc(S(=O)(=O)Nn2ccc(C)c(CC(=O)NCc3ccc(N)nc3)c2=O)c(OC)c1. The number of nitrogens with zero attached hydrogens (tertiary/aromatic N) is 2. The highest BCUT2D eigenvalue weighted by Gasteiger charge is 2.22. The Bertz CT molecular complexity index is 1350. The molecular formula is C22H25N5O6S. The van der Waals surface area contributed by atoms with Crippen molar-refractivity contribution in [3.8, 4) is 11.5 Å². The molecule has 12 heteroatoms. The smallest absolute Gasteiger partial charge is 0.279 e. The molecule has 0 fully saturated rings. The third-order valence-corrected chi connectivity index (χ3v) is 6.33. The Kier molecular flexibility index (Phi) is 7.41. The number of nitrogen functional groups attached to an aromatic ring is 1. The van der Waals surface area contributed by atoms with Crippen LogP contribution in [-0.4, -0.2) is 38.2 Å². The van der Waals surface area contributed by atoms with Crippen LogP contribution in [0, 0.1) is 6.92 Å². The number of sulfonamides is 1. The van der Waals surface area contributed by atoms with Crippen molar-refractivity contribution in [1.82, 2.24) is 15.0 Å². The number of carbonyl (C=O) groups excluding carboxylic acids is 1. The van der Waals surface area contributed by atoms with Crippen molar-refractivity contribution in [2.45, 2.75) is 24.8 Å². The van der Waals surface area contributed by atoms with E-state index in [2.05, 4.69) is 15.1 Å². The Morgan fingerprint density at radius 3 is 2.56 bits per heavy atom. The molecule has 0 radical (unpaired) electrons. The topological polar surface area (TPSA) is 155 Å². The van der Waals surface area contributed by atoms with Gasteiger partial charge in [-0.1, -0.05) is 6.07 Å². The van der Waals surface area contributed by atoms with Gasteiger partial charge in [0, 0.05) is 30.6 Å². The number of anilines is 1. The van der Waals surface area contributed by atoms with Gasteiger partial charge in [-0.3, -0.25) is 9.59 Å². The highest BCUT2D eigenvalue weighted by Crippen LogP contribution is 2.28. The number of carbonyl (C=O) groups is 1. The fourth-order valence-electron chi connectivity index (χ4n) is 3.10. The van der Waals surface area contributed by atoms with Crippen molar-refractivity contribution in [2.75, 3.05) is 24.8 Å². The Hall–Kier alpha value is -4.06. The lowest BCUT2D eigenvalue weighted by Crippen LogP contribution is -2.36. The molecule has 0 aliphatic heterocycles. The number of ether oxygens (including phenoxy) is 2. The summed E-state index contributed by atoms with van der Waals surface area (Å²) in [4.78, 5) is 31.4. The summed E-state index contributed by atoms with van der Waals surface area (Å²) in [6.45, 7) is 1.87. The Labute approximate surface area is 196 Å². The Morgan fingerprint density at radius 1 is 1.15 bits per heavy atom. The fraction of sp³-hybridized carbons (Fsp3) is 0.227. The summed E-state index contributed by atoms with van der Waals surface area (Å²) in [5.41, 5.74) is 6.32. The third-order valence-electron chi connectivity index (χ3n) is 4.98. The summed E-state index contributed by atoms with van der Waals surface area (Å²) in [7, 11) is -1.43. The van der Waals surface area contributed by atoms with Crippen LogP contribution in [-0.2, 0) is 27.8 Å². The van der Waals surface area contributed by atoms with Crippen molar-refractivity contribution >= 4 is 21.7 Å². The van der Waals surface area contributed by atoms with E-state index in [1.807, 2.05) is 0 Å². The van der Waals surface area contributed by atoms with Gasteiger partial charge in [0.2, 0.25) is 5.91 Å². The van der Waals surface area contributed by atoms with Gasteiger partial charge in [-0.05, 0) is 42.3 Å². The molecule has 4 N–H and O–H groups in total. The van der Waals surface area contributed by atoms with Crippen LogP contribution >= 0.6 is 0 Å². The predicted molar refractivity (Wildman–Crippen MR) is 126 cm³/mol. The first-order valence-corrected chi connectivity index (χ1v) is 11.6. The zero-order valence-electron chi connectivity index (χ0n) is 18.9. The molecule has 3 rings (SSSR count). The van der Waals surface area contributed by atoms with Gasteiger partial charge < -0.3 is 20.5 Å². The molecule has 0 atom stereocenters. The normalized spacial score (nSPS) is 11.0. The highest BCUT2D eigenvalue weighted by atomic mass is 32.2. The van der Waals surface area contributed by atoms with E-state index in [0.29, 0.717) is 17.1 Å². The monoisotopic (exact) mass is 487 g/mol. The lowest BCUT2D eigenvalue weighted by molar-refractivity contribution is -0.120.